The maximum absolute atomic E-state index is 13.2. The highest BCUT2D eigenvalue weighted by atomic mass is 16.5. The number of nitrogens with two attached hydrogens (primary N) is 2. The molecule has 4 bridgehead atoms. The number of rotatable bonds is 5. The molecule has 0 saturated carbocycles. The van der Waals surface area contributed by atoms with E-state index in [9.17, 15) is 19.2 Å². The van der Waals surface area contributed by atoms with Crippen molar-refractivity contribution in [2.45, 2.75) is 70.9 Å². The summed E-state index contributed by atoms with van der Waals surface area (Å²) < 4.78 is 6.04. The molecule has 2 heterocycles. The van der Waals surface area contributed by atoms with Gasteiger partial charge in [-0.05, 0) is 73.8 Å². The van der Waals surface area contributed by atoms with Gasteiger partial charge in [-0.15, -0.1) is 0 Å². The Balaban J connectivity index is 0.000000730. The topological polar surface area (TPSA) is 157 Å². The summed E-state index contributed by atoms with van der Waals surface area (Å²) in [5.74, 6) is 0.364. The van der Waals surface area contributed by atoms with Gasteiger partial charge in [0, 0.05) is 45.4 Å². The number of nitrogens with one attached hydrogen (secondary N) is 2. The number of primary amides is 1. The van der Waals surface area contributed by atoms with Gasteiger partial charge in [-0.2, -0.15) is 0 Å². The second-order valence-electron chi connectivity index (χ2n) is 10.9. The van der Waals surface area contributed by atoms with E-state index in [1.54, 1.807) is 0 Å². The Morgan fingerprint density at radius 1 is 1.07 bits per heavy atom. The highest BCUT2D eigenvalue weighted by Crippen LogP contribution is 2.23. The molecule has 2 aliphatic heterocycles. The third-order valence-electron chi connectivity index (χ3n) is 7.61. The molecule has 1 fully saturated rings. The molecule has 10 nitrogen and oxygen atoms in total. The van der Waals surface area contributed by atoms with Crippen molar-refractivity contribution >= 4 is 23.6 Å². The van der Waals surface area contributed by atoms with Crippen LogP contribution >= 0.6 is 0 Å². The lowest BCUT2D eigenvalue weighted by Crippen LogP contribution is -2.47. The van der Waals surface area contributed by atoms with Gasteiger partial charge in [-0.25, -0.2) is 0 Å². The van der Waals surface area contributed by atoms with Crippen molar-refractivity contribution in [2.75, 3.05) is 26.2 Å². The Hall–Kier alpha value is -3.92. The number of amides is 4. The summed E-state index contributed by atoms with van der Waals surface area (Å²) in [7, 11) is 0. The molecule has 0 radical (unpaired) electrons. The van der Waals surface area contributed by atoms with E-state index in [1.165, 1.54) is 0 Å². The van der Waals surface area contributed by atoms with Crippen LogP contribution in [0, 0.1) is 12.8 Å². The number of aryl methyl sites for hydroxylation is 2. The Bertz CT molecular complexity index is 1190. The van der Waals surface area contributed by atoms with Crippen molar-refractivity contribution < 1.29 is 23.9 Å². The van der Waals surface area contributed by atoms with Crippen molar-refractivity contribution in [3.8, 4) is 5.75 Å². The van der Waals surface area contributed by atoms with Crippen LogP contribution in [0.1, 0.15) is 61.6 Å². The zero-order valence-corrected chi connectivity index (χ0v) is 24.6. The van der Waals surface area contributed by atoms with E-state index in [-0.39, 0.29) is 36.5 Å². The summed E-state index contributed by atoms with van der Waals surface area (Å²) in [6, 6.07) is 15.2. The number of piperidine rings is 1. The molecule has 0 spiro atoms. The van der Waals surface area contributed by atoms with Crippen LogP contribution in [0.2, 0.25) is 0 Å². The third kappa shape index (κ3) is 11.2. The highest BCUT2D eigenvalue weighted by molar-refractivity contribution is 5.89. The van der Waals surface area contributed by atoms with Gasteiger partial charge in [-0.1, -0.05) is 36.4 Å². The van der Waals surface area contributed by atoms with E-state index < -0.39 is 6.04 Å². The van der Waals surface area contributed by atoms with E-state index in [2.05, 4.69) is 16.4 Å². The summed E-state index contributed by atoms with van der Waals surface area (Å²) in [4.78, 5) is 50.4. The first-order valence-corrected chi connectivity index (χ1v) is 14.8. The first-order valence-electron chi connectivity index (χ1n) is 14.8. The predicted molar refractivity (Wildman–Crippen MR) is 161 cm³/mol. The minimum atomic E-state index is -0.675. The molecular formula is C32H45N5O5. The summed E-state index contributed by atoms with van der Waals surface area (Å²) in [6.45, 7) is 4.77. The molecule has 2 aromatic carbocycles. The number of fused-ring (bicyclic) bond motifs is 4. The van der Waals surface area contributed by atoms with Gasteiger partial charge in [0.25, 0.3) is 0 Å². The molecule has 1 saturated heterocycles. The Labute approximate surface area is 248 Å². The number of ether oxygens (including phenoxy) is 1. The highest BCUT2D eigenvalue weighted by Gasteiger charge is 2.25. The molecule has 4 rings (SSSR count). The lowest BCUT2D eigenvalue weighted by Gasteiger charge is -2.33. The Morgan fingerprint density at radius 3 is 2.57 bits per heavy atom. The molecule has 2 atom stereocenters. The number of carbonyl (C=O) groups excluding carboxylic acids is 4. The summed E-state index contributed by atoms with van der Waals surface area (Å²) >= 11 is 0. The molecule has 0 aromatic heterocycles. The van der Waals surface area contributed by atoms with Gasteiger partial charge in [0.1, 0.15) is 11.8 Å². The number of nitrogens with zero attached hydrogens (tertiary/aromatic N) is 1. The summed E-state index contributed by atoms with van der Waals surface area (Å²) in [5, 5.41) is 5.89. The molecule has 0 aliphatic carbocycles. The second kappa shape index (κ2) is 17.1. The van der Waals surface area contributed by atoms with Crippen molar-refractivity contribution in [3.63, 3.8) is 0 Å². The second-order valence-corrected chi connectivity index (χ2v) is 10.9. The van der Waals surface area contributed by atoms with Gasteiger partial charge < -0.3 is 31.7 Å². The maximum Gasteiger partial charge on any atom is 0.242 e. The van der Waals surface area contributed by atoms with Crippen LogP contribution < -0.4 is 26.8 Å². The number of hydrogen-bond donors (Lipinski definition) is 4. The van der Waals surface area contributed by atoms with Crippen LogP contribution in [-0.4, -0.2) is 60.8 Å². The SMILES string of the molecule is Cc1ccc2cc1CNC(=O)C(CCc1ccccc1)NC(=O)CCC(=O)N1CCCC(CCO2)C1.NCCC(N)=O. The fourth-order valence-electron chi connectivity index (χ4n) is 5.12. The van der Waals surface area contributed by atoms with E-state index in [0.29, 0.717) is 51.4 Å². The minimum Gasteiger partial charge on any atom is -0.494 e. The molecule has 2 aliphatic rings. The zero-order chi connectivity index (χ0) is 30.3. The number of hydrogen-bond acceptors (Lipinski definition) is 6. The van der Waals surface area contributed by atoms with E-state index in [4.69, 9.17) is 10.5 Å². The summed E-state index contributed by atoms with van der Waals surface area (Å²) in [5.41, 5.74) is 12.8. The maximum atomic E-state index is 13.2. The van der Waals surface area contributed by atoms with Crippen LogP contribution in [0.5, 0.6) is 5.75 Å². The monoisotopic (exact) mass is 579 g/mol. The van der Waals surface area contributed by atoms with Crippen molar-refractivity contribution in [1.29, 1.82) is 0 Å². The quantitative estimate of drug-likeness (QED) is 0.426. The number of benzene rings is 2. The molecule has 10 heteroatoms. The van der Waals surface area contributed by atoms with Gasteiger partial charge >= 0.3 is 0 Å². The van der Waals surface area contributed by atoms with Gasteiger partial charge in [0.15, 0.2) is 0 Å². The average molecular weight is 580 g/mol. The van der Waals surface area contributed by atoms with Crippen LogP contribution in [0.15, 0.2) is 48.5 Å². The lowest BCUT2D eigenvalue weighted by atomic mass is 9.95. The number of carbonyl (C=O) groups is 4. The van der Waals surface area contributed by atoms with Crippen molar-refractivity contribution in [1.82, 2.24) is 15.5 Å². The van der Waals surface area contributed by atoms with Crippen molar-refractivity contribution in [3.05, 3.63) is 65.2 Å². The molecular weight excluding hydrogens is 534 g/mol. The molecule has 6 N–H and O–H groups in total. The lowest BCUT2D eigenvalue weighted by molar-refractivity contribution is -0.135. The predicted octanol–water partition coefficient (Wildman–Crippen LogP) is 2.35. The Morgan fingerprint density at radius 2 is 1.86 bits per heavy atom. The Kier molecular flexibility index (Phi) is 13.3. The van der Waals surface area contributed by atoms with E-state index in [1.807, 2.05) is 60.4 Å². The van der Waals surface area contributed by atoms with Gasteiger partial charge in [0.05, 0.1) is 6.61 Å². The van der Waals surface area contributed by atoms with E-state index in [0.717, 1.165) is 48.2 Å². The van der Waals surface area contributed by atoms with Gasteiger partial charge in [-0.3, -0.25) is 19.2 Å². The van der Waals surface area contributed by atoms with Gasteiger partial charge in [0.2, 0.25) is 23.6 Å². The first kappa shape index (κ1) is 32.6. The van der Waals surface area contributed by atoms with Crippen LogP contribution in [0.4, 0.5) is 0 Å². The fourth-order valence-corrected chi connectivity index (χ4v) is 5.12. The smallest absolute Gasteiger partial charge is 0.242 e. The standard InChI is InChI=1S/C29H37N3O4.C3H8N2O/c1-21-9-11-25-18-24(21)19-30-29(35)26(12-10-22-6-3-2-4-7-22)31-27(33)13-14-28(34)32-16-5-8-23(20-32)15-17-36-25;4-2-1-3(5)6/h2-4,6-7,9,11,18,23,26H,5,8,10,12-17,19-20H2,1H3,(H,30,35)(H,31,33);1-2,4H2,(H2,5,6). The minimum absolute atomic E-state index is 0.00495. The fraction of sp³-hybridized carbons (Fsp3) is 0.500. The molecule has 2 unspecified atom stereocenters. The van der Waals surface area contributed by atoms with Crippen molar-refractivity contribution in [2.24, 2.45) is 17.4 Å². The third-order valence-corrected chi connectivity index (χ3v) is 7.61. The largest absolute Gasteiger partial charge is 0.494 e. The van der Waals surface area contributed by atoms with Crippen LogP contribution in [0.25, 0.3) is 0 Å². The van der Waals surface area contributed by atoms with E-state index >= 15 is 0 Å². The zero-order valence-electron chi connectivity index (χ0n) is 24.6. The van der Waals surface area contributed by atoms with Crippen LogP contribution in [0.3, 0.4) is 0 Å². The van der Waals surface area contributed by atoms with Crippen LogP contribution in [-0.2, 0) is 32.1 Å². The average Bonchev–Trinajstić information content (AvgIpc) is 2.98. The molecule has 2 aromatic rings. The molecule has 228 valence electrons. The first-order chi connectivity index (χ1) is 20.2. The molecule has 4 amide bonds. The molecule has 42 heavy (non-hydrogen) atoms. The summed E-state index contributed by atoms with van der Waals surface area (Å²) in [6.07, 6.45) is 4.61. The normalized spacial score (nSPS) is 20.0.